The Hall–Kier alpha value is -2.03. The van der Waals surface area contributed by atoms with Gasteiger partial charge in [0.2, 0.25) is 0 Å². The molecule has 0 amide bonds. The Bertz CT molecular complexity index is 677. The first-order valence-electron chi connectivity index (χ1n) is 10.9. The largest absolute Gasteiger partial charge is 0.497 e. The van der Waals surface area contributed by atoms with Crippen molar-refractivity contribution in [2.24, 2.45) is 4.99 Å². The molecule has 2 unspecified atom stereocenters. The molecule has 0 saturated carbocycles. The van der Waals surface area contributed by atoms with Crippen LogP contribution < -0.4 is 20.1 Å². The molecule has 2 saturated heterocycles. The number of benzene rings is 1. The Balaban J connectivity index is 1.52. The van der Waals surface area contributed by atoms with Gasteiger partial charge in [0.15, 0.2) is 5.96 Å². The second-order valence-electron chi connectivity index (χ2n) is 8.06. The van der Waals surface area contributed by atoms with Crippen molar-refractivity contribution in [1.29, 1.82) is 0 Å². The number of hydrogen-bond donors (Lipinski definition) is 2. The van der Waals surface area contributed by atoms with Gasteiger partial charge in [-0.25, -0.2) is 0 Å². The summed E-state index contributed by atoms with van der Waals surface area (Å²) in [5, 5.41) is 6.98. The second-order valence-corrected chi connectivity index (χ2v) is 8.06. The predicted octanol–water partition coefficient (Wildman–Crippen LogP) is 1.16. The van der Waals surface area contributed by atoms with Crippen LogP contribution in [0, 0.1) is 0 Å². The van der Waals surface area contributed by atoms with Crippen molar-refractivity contribution in [2.75, 3.05) is 67.1 Å². The third kappa shape index (κ3) is 6.75. The van der Waals surface area contributed by atoms with Gasteiger partial charge < -0.3 is 29.7 Å². The van der Waals surface area contributed by atoms with Crippen LogP contribution >= 0.6 is 0 Å². The number of nitrogens with zero attached hydrogens (tertiary/aromatic N) is 3. The number of hydrogen-bond acceptors (Lipinski definition) is 6. The smallest absolute Gasteiger partial charge is 0.191 e. The van der Waals surface area contributed by atoms with E-state index in [-0.39, 0.29) is 6.10 Å². The monoisotopic (exact) mass is 419 g/mol. The molecule has 2 N–H and O–H groups in total. The molecule has 1 aromatic carbocycles. The number of methoxy groups -OCH3 is 2. The van der Waals surface area contributed by atoms with Crippen LogP contribution in [-0.2, 0) is 11.3 Å². The van der Waals surface area contributed by atoms with Gasteiger partial charge in [-0.3, -0.25) is 9.89 Å². The second kappa shape index (κ2) is 11.4. The highest BCUT2D eigenvalue weighted by Crippen LogP contribution is 2.24. The van der Waals surface area contributed by atoms with Crippen LogP contribution in [0.5, 0.6) is 11.5 Å². The van der Waals surface area contributed by atoms with Crippen LogP contribution in [-0.4, -0.2) is 95.0 Å². The van der Waals surface area contributed by atoms with Crippen molar-refractivity contribution in [1.82, 2.24) is 20.4 Å². The van der Waals surface area contributed by atoms with Crippen molar-refractivity contribution in [3.8, 4) is 11.5 Å². The summed E-state index contributed by atoms with van der Waals surface area (Å²) in [6.07, 6.45) is 1.26. The number of ether oxygens (including phenoxy) is 3. The van der Waals surface area contributed by atoms with E-state index in [9.17, 15) is 0 Å². The highest BCUT2D eigenvalue weighted by molar-refractivity contribution is 5.80. The zero-order valence-corrected chi connectivity index (χ0v) is 18.8. The van der Waals surface area contributed by atoms with E-state index >= 15 is 0 Å². The van der Waals surface area contributed by atoms with Gasteiger partial charge in [-0.15, -0.1) is 0 Å². The summed E-state index contributed by atoms with van der Waals surface area (Å²) >= 11 is 0. The van der Waals surface area contributed by atoms with Gasteiger partial charge in [-0.1, -0.05) is 0 Å². The summed E-state index contributed by atoms with van der Waals surface area (Å²) in [6, 6.07) is 6.45. The Labute approximate surface area is 180 Å². The number of aliphatic imine (C=N–C) groups is 1. The Morgan fingerprint density at radius 2 is 1.93 bits per heavy atom. The van der Waals surface area contributed by atoms with Gasteiger partial charge in [0.05, 0.1) is 33.5 Å². The van der Waals surface area contributed by atoms with Crippen molar-refractivity contribution in [3.63, 3.8) is 0 Å². The maximum absolute atomic E-state index is 5.84. The number of morpholine rings is 1. The molecule has 8 heteroatoms. The van der Waals surface area contributed by atoms with E-state index < -0.39 is 0 Å². The van der Waals surface area contributed by atoms with Crippen LogP contribution in [0.2, 0.25) is 0 Å². The molecule has 168 valence electrons. The van der Waals surface area contributed by atoms with Crippen molar-refractivity contribution >= 4 is 5.96 Å². The summed E-state index contributed by atoms with van der Waals surface area (Å²) in [4.78, 5) is 9.53. The van der Waals surface area contributed by atoms with E-state index in [0.717, 1.165) is 69.8 Å². The minimum Gasteiger partial charge on any atom is -0.497 e. The van der Waals surface area contributed by atoms with E-state index in [1.165, 1.54) is 5.56 Å². The Morgan fingerprint density at radius 3 is 2.60 bits per heavy atom. The van der Waals surface area contributed by atoms with E-state index in [1.54, 1.807) is 14.2 Å². The third-order valence-corrected chi connectivity index (χ3v) is 5.57. The maximum Gasteiger partial charge on any atom is 0.191 e. The van der Waals surface area contributed by atoms with Gasteiger partial charge in [0.1, 0.15) is 11.5 Å². The van der Waals surface area contributed by atoms with Gasteiger partial charge >= 0.3 is 0 Å². The Kier molecular flexibility index (Phi) is 8.60. The zero-order chi connectivity index (χ0) is 21.3. The molecule has 2 heterocycles. The quantitative estimate of drug-likeness (QED) is 0.484. The lowest BCUT2D eigenvalue weighted by Crippen LogP contribution is -2.46. The number of guanidine groups is 1. The number of rotatable bonds is 8. The molecule has 0 bridgehead atoms. The van der Waals surface area contributed by atoms with E-state index in [2.05, 4.69) is 46.5 Å². The van der Waals surface area contributed by atoms with Crippen molar-refractivity contribution < 1.29 is 14.2 Å². The average molecular weight is 420 g/mol. The summed E-state index contributed by atoms with van der Waals surface area (Å²) in [7, 11) is 5.51. The summed E-state index contributed by atoms with van der Waals surface area (Å²) in [5.41, 5.74) is 1.20. The molecule has 30 heavy (non-hydrogen) atoms. The Morgan fingerprint density at radius 1 is 1.17 bits per heavy atom. The summed E-state index contributed by atoms with van der Waals surface area (Å²) in [6.45, 7) is 9.24. The maximum atomic E-state index is 5.84. The lowest BCUT2D eigenvalue weighted by Gasteiger charge is -2.29. The van der Waals surface area contributed by atoms with Crippen molar-refractivity contribution in [2.45, 2.75) is 32.0 Å². The average Bonchev–Trinajstić information content (AvgIpc) is 3.18. The molecule has 2 atom stereocenters. The lowest BCUT2D eigenvalue weighted by atomic mass is 10.2. The molecule has 0 aliphatic carbocycles. The van der Waals surface area contributed by atoms with Gasteiger partial charge in [-0.05, 0) is 38.1 Å². The molecule has 3 rings (SSSR count). The fourth-order valence-electron chi connectivity index (χ4n) is 3.99. The first-order valence-corrected chi connectivity index (χ1v) is 10.9. The first kappa shape index (κ1) is 22.7. The molecular formula is C22H37N5O3. The molecule has 2 fully saturated rings. The molecule has 0 aromatic heterocycles. The fourth-order valence-corrected chi connectivity index (χ4v) is 3.99. The van der Waals surface area contributed by atoms with E-state index in [1.807, 2.05) is 6.07 Å². The molecule has 2 aliphatic heterocycles. The normalized spacial score (nSPS) is 23.4. The minimum atomic E-state index is 0.169. The summed E-state index contributed by atoms with van der Waals surface area (Å²) in [5.74, 6) is 2.54. The first-order chi connectivity index (χ1) is 14.6. The molecule has 1 aromatic rings. The number of likely N-dealkylation sites (tertiary alicyclic amines) is 1. The zero-order valence-electron chi connectivity index (χ0n) is 18.8. The number of likely N-dealkylation sites (N-methyl/N-ethyl adjacent to an activating group) is 1. The van der Waals surface area contributed by atoms with Crippen molar-refractivity contribution in [3.05, 3.63) is 23.8 Å². The van der Waals surface area contributed by atoms with Crippen LogP contribution in [0.4, 0.5) is 0 Å². The minimum absolute atomic E-state index is 0.169. The predicted molar refractivity (Wildman–Crippen MR) is 120 cm³/mol. The molecule has 8 nitrogen and oxygen atoms in total. The lowest BCUT2D eigenvalue weighted by molar-refractivity contribution is -0.0136. The van der Waals surface area contributed by atoms with Crippen LogP contribution in [0.15, 0.2) is 23.2 Å². The van der Waals surface area contributed by atoms with Gasteiger partial charge in [-0.2, -0.15) is 0 Å². The van der Waals surface area contributed by atoms with Crippen LogP contribution in [0.3, 0.4) is 0 Å². The van der Waals surface area contributed by atoms with Crippen LogP contribution in [0.1, 0.15) is 18.9 Å². The van der Waals surface area contributed by atoms with E-state index in [0.29, 0.717) is 12.6 Å². The SMILES string of the molecule is CCNC(=NCC1CN(C)CCO1)NC1CCN(Cc2cc(OC)cc(OC)c2)C1. The fraction of sp³-hybridized carbons (Fsp3) is 0.682. The molecular weight excluding hydrogens is 382 g/mol. The van der Waals surface area contributed by atoms with Gasteiger partial charge in [0.25, 0.3) is 0 Å². The number of nitrogens with one attached hydrogen (secondary N) is 2. The van der Waals surface area contributed by atoms with E-state index in [4.69, 9.17) is 19.2 Å². The standard InChI is InChI=1S/C22H37N5O3/c1-5-23-22(24-13-21-16-26(2)8-9-30-21)25-18-6-7-27(15-18)14-17-10-19(28-3)12-20(11-17)29-4/h10-12,18,21H,5-9,13-16H2,1-4H3,(H2,23,24,25). The molecule has 0 radical (unpaired) electrons. The highest BCUT2D eigenvalue weighted by Gasteiger charge is 2.24. The summed E-state index contributed by atoms with van der Waals surface area (Å²) < 4.78 is 16.6. The topological polar surface area (TPSA) is 70.6 Å². The van der Waals surface area contributed by atoms with Gasteiger partial charge in [0, 0.05) is 51.4 Å². The highest BCUT2D eigenvalue weighted by atomic mass is 16.5. The molecule has 2 aliphatic rings. The molecule has 0 spiro atoms. The van der Waals surface area contributed by atoms with Crippen LogP contribution in [0.25, 0.3) is 0 Å². The third-order valence-electron chi connectivity index (χ3n) is 5.57.